The molecule has 0 aliphatic carbocycles. The molecule has 2 aliphatic heterocycles. The van der Waals surface area contributed by atoms with E-state index in [0.29, 0.717) is 34.7 Å². The number of nitrogens with one attached hydrogen (secondary N) is 2. The number of para-hydroxylation sites is 1. The number of aryl methyl sites for hydroxylation is 2. The Bertz CT molecular complexity index is 2590. The second-order valence-corrected chi connectivity index (χ2v) is 21.3. The molecule has 0 radical (unpaired) electrons. The van der Waals surface area contributed by atoms with Gasteiger partial charge in [-0.3, -0.25) is 23.8 Å². The van der Waals surface area contributed by atoms with Gasteiger partial charge >= 0.3 is 5.97 Å². The van der Waals surface area contributed by atoms with Crippen molar-refractivity contribution in [2.75, 3.05) is 72.6 Å². The maximum atomic E-state index is 14.5. The molecule has 4 heterocycles. The second-order valence-electron chi connectivity index (χ2n) is 17.4. The van der Waals surface area contributed by atoms with Crippen LogP contribution < -0.4 is 35.7 Å². The Labute approximate surface area is 423 Å². The highest BCUT2D eigenvalue weighted by Gasteiger charge is 2.32. The molecule has 384 valence electrons. The number of carboxylic acids is 1. The standard InChI is InChI=1S/C18H17FN4O2S.C15H22ClNO2.C8H14ClN5.C5H12NO4P/c1-4-5-22-13-7-12(11(19)6-14(13)25-9-16(22)24)20-17-23-10-18(2,3)8-15(23)21-26-17;1-5-13-8-6-7-11(2)15(13)17(14(18)9-16)12(3)10-19-4;1-4-10-7-12-6(9)13-8(14-7)11-5(2)3;1-11(9,10)3-2-4(6)5(7)8/h1,6-7H,5,8-10H2,2-3H3;6-8,12H,5,9-10H2,1-4H3;5H,4H2,1-3H3,(H2,10,11,12,13,14);4H,2-3,6H2,1H3,(H,7,8)(H,9,10). The minimum atomic E-state index is -3.10. The fourth-order valence-corrected chi connectivity index (χ4v) is 8.78. The molecule has 0 spiro atoms. The Morgan fingerprint density at radius 3 is 2.47 bits per heavy atom. The van der Waals surface area contributed by atoms with E-state index in [1.165, 1.54) is 35.2 Å². The van der Waals surface area contributed by atoms with Gasteiger partial charge < -0.3 is 45.3 Å². The zero-order chi connectivity index (χ0) is 52.5. The van der Waals surface area contributed by atoms with Crippen LogP contribution in [-0.4, -0.2) is 122 Å². The number of hydrogen-bond donors (Lipinski definition) is 5. The van der Waals surface area contributed by atoms with Crippen LogP contribution in [0.25, 0.3) is 0 Å². The highest BCUT2D eigenvalue weighted by Crippen LogP contribution is 2.38. The number of anilines is 4. The van der Waals surface area contributed by atoms with Crippen LogP contribution in [0.1, 0.15) is 71.8 Å². The molecule has 19 nitrogen and oxygen atoms in total. The Morgan fingerprint density at radius 2 is 1.89 bits per heavy atom. The number of fused-ring (bicyclic) bond motifs is 2. The lowest BCUT2D eigenvalue weighted by molar-refractivity contribution is -0.138. The average molecular weight is 1050 g/mol. The third-order valence-electron chi connectivity index (χ3n) is 10.1. The molecule has 0 saturated heterocycles. The number of nitrogens with two attached hydrogens (primary N) is 1. The third-order valence-corrected chi connectivity index (χ3v) is 12.4. The van der Waals surface area contributed by atoms with Crippen molar-refractivity contribution < 1.29 is 42.8 Å². The molecule has 6 N–H and O–H groups in total. The van der Waals surface area contributed by atoms with Crippen molar-refractivity contribution in [1.29, 1.82) is 0 Å². The van der Waals surface area contributed by atoms with E-state index >= 15 is 0 Å². The number of nitrogens with zero attached hydrogens (tertiary/aromatic N) is 8. The molecule has 2 amide bonds. The summed E-state index contributed by atoms with van der Waals surface area (Å²) in [5.41, 5.74) is 8.98. The Kier molecular flexibility index (Phi) is 23.2. The molecular weight excluding hydrogens is 988 g/mol. The summed E-state index contributed by atoms with van der Waals surface area (Å²) in [6, 6.07) is 8.04. The number of ether oxygens (including phenoxy) is 2. The number of benzene rings is 2. The van der Waals surface area contributed by atoms with Crippen LogP contribution >= 0.6 is 42.1 Å². The fraction of sp³-hybridized carbons (Fsp3) is 0.522. The average Bonchev–Trinajstić information content (AvgIpc) is 3.79. The first-order valence-electron chi connectivity index (χ1n) is 22.3. The third kappa shape index (κ3) is 17.9. The smallest absolute Gasteiger partial charge is 0.320 e. The fourth-order valence-electron chi connectivity index (χ4n) is 6.98. The van der Waals surface area contributed by atoms with E-state index < -0.39 is 25.2 Å². The van der Waals surface area contributed by atoms with Gasteiger partial charge in [-0.25, -0.2) is 9.38 Å². The minimum Gasteiger partial charge on any atom is -0.481 e. The van der Waals surface area contributed by atoms with Crippen molar-refractivity contribution in [2.45, 2.75) is 99.3 Å². The minimum absolute atomic E-state index is 0.0223. The predicted molar refractivity (Wildman–Crippen MR) is 275 cm³/mol. The number of terminal acetylenes is 1. The summed E-state index contributed by atoms with van der Waals surface area (Å²) in [7, 11) is -1.47. The number of aliphatic carboxylic acids is 1. The van der Waals surface area contributed by atoms with Crippen molar-refractivity contribution in [3.05, 3.63) is 63.2 Å². The van der Waals surface area contributed by atoms with Crippen LogP contribution in [-0.2, 0) is 43.1 Å². The van der Waals surface area contributed by atoms with Crippen LogP contribution in [0.15, 0.2) is 35.3 Å². The van der Waals surface area contributed by atoms with Crippen molar-refractivity contribution in [3.8, 4) is 18.1 Å². The zero-order valence-electron chi connectivity index (χ0n) is 41.3. The number of amides is 2. The molecular formula is C46H65Cl2FN11O8PS. The van der Waals surface area contributed by atoms with Crippen molar-refractivity contribution in [3.63, 3.8) is 0 Å². The maximum absolute atomic E-state index is 14.5. The summed E-state index contributed by atoms with van der Waals surface area (Å²) in [4.78, 5) is 63.4. The zero-order valence-corrected chi connectivity index (χ0v) is 44.5. The number of carbonyl (C=O) groups excluding carboxylic acids is 2. The van der Waals surface area contributed by atoms with Gasteiger partial charge in [-0.05, 0) is 81.7 Å². The number of hydrogen-bond acceptors (Lipinski definition) is 15. The van der Waals surface area contributed by atoms with E-state index in [1.807, 2.05) is 51.3 Å². The van der Waals surface area contributed by atoms with Crippen molar-refractivity contribution in [1.82, 2.24) is 23.9 Å². The van der Waals surface area contributed by atoms with Gasteiger partial charge in [-0.15, -0.1) is 18.0 Å². The van der Waals surface area contributed by atoms with Gasteiger partial charge in [-0.1, -0.05) is 44.9 Å². The summed E-state index contributed by atoms with van der Waals surface area (Å²) in [5.74, 6) is 2.66. The lowest BCUT2D eigenvalue weighted by atomic mass is 9.92. The number of aromatic nitrogens is 5. The summed E-state index contributed by atoms with van der Waals surface area (Å²) in [6.07, 6.45) is 7.09. The van der Waals surface area contributed by atoms with Crippen molar-refractivity contribution in [2.24, 2.45) is 16.1 Å². The van der Waals surface area contributed by atoms with E-state index in [1.54, 1.807) is 12.0 Å². The van der Waals surface area contributed by atoms with Gasteiger partial charge in [0.15, 0.2) is 19.8 Å². The summed E-state index contributed by atoms with van der Waals surface area (Å²) in [6.45, 7) is 19.5. The van der Waals surface area contributed by atoms with E-state index in [-0.39, 0.29) is 71.9 Å². The molecule has 2 aromatic carbocycles. The SMILES string of the molecule is C#CCN1C(=O)COc2cc(F)c(N=c3snc4n3CC(C)(C)C4)cc21.CCNc1nc(Cl)nc(NC(C)C)n1.CCc1cccc(C)c1N(C(=O)CCl)C(C)COC.CP(=O)(O)CCC(N)C(=O)O. The largest absolute Gasteiger partial charge is 0.481 e. The monoisotopic (exact) mass is 1050 g/mol. The number of alkyl halides is 1. The van der Waals surface area contributed by atoms with Crippen LogP contribution in [0, 0.1) is 30.5 Å². The van der Waals surface area contributed by atoms with E-state index in [0.717, 1.165) is 48.6 Å². The van der Waals surface area contributed by atoms with Gasteiger partial charge in [0.2, 0.25) is 27.9 Å². The Morgan fingerprint density at radius 1 is 1.20 bits per heavy atom. The molecule has 2 aromatic heterocycles. The molecule has 70 heavy (non-hydrogen) atoms. The van der Waals surface area contributed by atoms with E-state index in [2.05, 4.69) is 67.7 Å². The van der Waals surface area contributed by atoms with Gasteiger partial charge in [-0.2, -0.15) is 19.3 Å². The molecule has 3 unspecified atom stereocenters. The lowest BCUT2D eigenvalue weighted by Gasteiger charge is -2.31. The molecule has 0 saturated carbocycles. The van der Waals surface area contributed by atoms with Crippen LogP contribution in [0.3, 0.4) is 0 Å². The molecule has 4 aromatic rings. The maximum Gasteiger partial charge on any atom is 0.320 e. The first-order chi connectivity index (χ1) is 32.9. The normalized spacial score (nSPS) is 15.2. The summed E-state index contributed by atoms with van der Waals surface area (Å²) in [5, 5.41) is 14.5. The quantitative estimate of drug-likeness (QED) is 0.0435. The molecule has 6 rings (SSSR count). The van der Waals surface area contributed by atoms with Gasteiger partial charge in [0.25, 0.3) is 5.91 Å². The summed E-state index contributed by atoms with van der Waals surface area (Å²) < 4.78 is 42.1. The van der Waals surface area contributed by atoms with E-state index in [9.17, 15) is 23.3 Å². The number of carbonyl (C=O) groups is 3. The first-order valence-corrected chi connectivity index (χ1v) is 26.3. The topological polar surface area (TPSA) is 253 Å². The van der Waals surface area contributed by atoms with Gasteiger partial charge in [0.1, 0.15) is 29.2 Å². The van der Waals surface area contributed by atoms with Crippen LogP contribution in [0.4, 0.5) is 33.3 Å². The number of methoxy groups -OCH3 is 1. The number of halogens is 3. The van der Waals surface area contributed by atoms with E-state index in [4.69, 9.17) is 54.8 Å². The molecule has 0 bridgehead atoms. The highest BCUT2D eigenvalue weighted by atomic mass is 35.5. The van der Waals surface area contributed by atoms with Crippen LogP contribution in [0.2, 0.25) is 5.28 Å². The number of carboxylic acid groups (broad SMARTS) is 1. The predicted octanol–water partition coefficient (Wildman–Crippen LogP) is 6.89. The molecule has 0 fully saturated rings. The first kappa shape index (κ1) is 59.1. The highest BCUT2D eigenvalue weighted by molar-refractivity contribution is 7.57. The Balaban J connectivity index is 0.000000261. The molecule has 24 heteroatoms. The molecule has 3 atom stereocenters. The van der Waals surface area contributed by atoms with Gasteiger partial charge in [0.05, 0.1) is 30.6 Å². The van der Waals surface area contributed by atoms with Gasteiger partial charge in [0, 0.05) is 63.1 Å². The second kappa shape index (κ2) is 27.4. The number of rotatable bonds is 16. The molecule has 2 aliphatic rings. The lowest BCUT2D eigenvalue weighted by Crippen LogP contribution is -2.43. The summed E-state index contributed by atoms with van der Waals surface area (Å²) >= 11 is 12.7. The van der Waals surface area contributed by atoms with Crippen molar-refractivity contribution >= 4 is 88.8 Å². The Hall–Kier alpha value is -5.20. The van der Waals surface area contributed by atoms with Crippen LogP contribution in [0.5, 0.6) is 5.75 Å².